The highest BCUT2D eigenvalue weighted by molar-refractivity contribution is 7.99. The van der Waals surface area contributed by atoms with Crippen LogP contribution in [-0.4, -0.2) is 72.3 Å². The van der Waals surface area contributed by atoms with Crippen LogP contribution in [0.25, 0.3) is 0 Å². The first-order chi connectivity index (χ1) is 9.07. The molecule has 0 spiro atoms. The third kappa shape index (κ3) is 5.00. The minimum Gasteiger partial charge on any atom is -0.480 e. The number of carbonyl (C=O) groups excluding carboxylic acids is 1. The Morgan fingerprint density at radius 2 is 2.32 bits per heavy atom. The third-order valence-electron chi connectivity index (χ3n) is 3.16. The smallest absolute Gasteiger partial charge is 0.321 e. The second-order valence-electron chi connectivity index (χ2n) is 4.48. The molecule has 2 atom stereocenters. The van der Waals surface area contributed by atoms with Crippen molar-refractivity contribution in [1.29, 1.82) is 0 Å². The zero-order valence-corrected chi connectivity index (χ0v) is 12.2. The minimum absolute atomic E-state index is 0.116. The van der Waals surface area contributed by atoms with E-state index in [2.05, 4.69) is 5.32 Å². The summed E-state index contributed by atoms with van der Waals surface area (Å²) in [5.74, 6) is 0.433. The molecule has 1 aliphatic rings. The summed E-state index contributed by atoms with van der Waals surface area (Å²) >= 11 is 1.62. The number of carbonyl (C=O) groups is 2. The van der Waals surface area contributed by atoms with Crippen LogP contribution in [0.3, 0.4) is 0 Å². The molecule has 0 aromatic heterocycles. The Balaban J connectivity index is 2.46. The van der Waals surface area contributed by atoms with Gasteiger partial charge in [-0.1, -0.05) is 0 Å². The number of thioether (sulfide) groups is 1. The maximum Gasteiger partial charge on any atom is 0.321 e. The maximum atomic E-state index is 12.0. The third-order valence-corrected chi connectivity index (χ3v) is 4.18. The number of methoxy groups -OCH3 is 1. The lowest BCUT2D eigenvalue weighted by Gasteiger charge is -2.36. The van der Waals surface area contributed by atoms with Crippen LogP contribution in [0, 0.1) is 0 Å². The van der Waals surface area contributed by atoms with Crippen LogP contribution >= 0.6 is 11.8 Å². The first-order valence-electron chi connectivity index (χ1n) is 6.41. The zero-order valence-electron chi connectivity index (χ0n) is 11.4. The second kappa shape index (κ2) is 8.39. The van der Waals surface area contributed by atoms with Crippen LogP contribution in [0.15, 0.2) is 0 Å². The van der Waals surface area contributed by atoms with E-state index >= 15 is 0 Å². The van der Waals surface area contributed by atoms with E-state index < -0.39 is 18.1 Å². The summed E-state index contributed by atoms with van der Waals surface area (Å²) in [5, 5.41) is 12.0. The molecule has 19 heavy (non-hydrogen) atoms. The quantitative estimate of drug-likeness (QED) is 0.644. The predicted molar refractivity (Wildman–Crippen MR) is 74.4 cm³/mol. The summed E-state index contributed by atoms with van der Waals surface area (Å²) < 4.78 is 4.91. The average molecular weight is 290 g/mol. The van der Waals surface area contributed by atoms with Gasteiger partial charge in [-0.25, -0.2) is 0 Å². The molecule has 6 nitrogen and oxygen atoms in total. The number of amides is 1. The summed E-state index contributed by atoms with van der Waals surface area (Å²) in [7, 11) is 1.62. The highest BCUT2D eigenvalue weighted by Crippen LogP contribution is 2.19. The van der Waals surface area contributed by atoms with E-state index in [0.29, 0.717) is 25.4 Å². The molecular weight excluding hydrogens is 268 g/mol. The van der Waals surface area contributed by atoms with E-state index in [4.69, 9.17) is 4.74 Å². The summed E-state index contributed by atoms with van der Waals surface area (Å²) in [4.78, 5) is 24.9. The van der Waals surface area contributed by atoms with Gasteiger partial charge in [-0.2, -0.15) is 11.8 Å². The molecule has 2 N–H and O–H groups in total. The van der Waals surface area contributed by atoms with Gasteiger partial charge in [0.05, 0.1) is 6.04 Å². The molecule has 0 bridgehead atoms. The molecule has 0 saturated carbocycles. The number of hydrogen-bond acceptors (Lipinski definition) is 5. The van der Waals surface area contributed by atoms with E-state index in [9.17, 15) is 14.7 Å². The fourth-order valence-corrected chi connectivity index (χ4v) is 3.08. The number of aliphatic carboxylic acids is 1. The number of ether oxygens (including phenoxy) is 1. The van der Waals surface area contributed by atoms with Crippen molar-refractivity contribution in [3.05, 3.63) is 0 Å². The molecule has 1 rings (SSSR count). The number of nitrogens with one attached hydrogen (secondary N) is 1. The number of hydrogen-bond donors (Lipinski definition) is 2. The molecule has 1 fully saturated rings. The van der Waals surface area contributed by atoms with Crippen molar-refractivity contribution in [3.8, 4) is 0 Å². The molecule has 1 amide bonds. The normalized spacial score (nSPS) is 21.9. The molecule has 1 aliphatic heterocycles. The Morgan fingerprint density at radius 1 is 1.58 bits per heavy atom. The highest BCUT2D eigenvalue weighted by atomic mass is 32.2. The van der Waals surface area contributed by atoms with Gasteiger partial charge in [-0.3, -0.25) is 14.5 Å². The highest BCUT2D eigenvalue weighted by Gasteiger charge is 2.34. The molecule has 0 aliphatic carbocycles. The Morgan fingerprint density at radius 3 is 2.95 bits per heavy atom. The molecular formula is C12H22N2O4S. The van der Waals surface area contributed by atoms with Gasteiger partial charge < -0.3 is 15.2 Å². The first kappa shape index (κ1) is 16.3. The minimum atomic E-state index is -0.855. The van der Waals surface area contributed by atoms with Crippen molar-refractivity contribution in [3.63, 3.8) is 0 Å². The number of carboxylic acids is 1. The molecule has 0 aromatic carbocycles. The number of nitrogens with zero attached hydrogens (tertiary/aromatic N) is 1. The molecule has 0 radical (unpaired) electrons. The SMILES string of the molecule is COCCCNC(=O)C(C)N1CCSCC1C(=O)O. The monoisotopic (exact) mass is 290 g/mol. The molecule has 7 heteroatoms. The van der Waals surface area contributed by atoms with Crippen LogP contribution in [0.4, 0.5) is 0 Å². The van der Waals surface area contributed by atoms with Crippen molar-refractivity contribution in [2.75, 3.05) is 38.3 Å². The fraction of sp³-hybridized carbons (Fsp3) is 0.833. The standard InChI is InChI=1S/C12H22N2O4S/c1-9(11(15)13-4-3-6-18-2)14-5-7-19-8-10(14)12(16)17/h9-10H,3-8H2,1-2H3,(H,13,15)(H,16,17). The zero-order chi connectivity index (χ0) is 14.3. The van der Waals surface area contributed by atoms with Gasteiger partial charge in [0.1, 0.15) is 6.04 Å². The fourth-order valence-electron chi connectivity index (χ4n) is 2.02. The Hall–Kier alpha value is -0.790. The molecule has 0 aromatic rings. The van der Waals surface area contributed by atoms with Gasteiger partial charge >= 0.3 is 5.97 Å². The number of carboxylic acid groups (broad SMARTS) is 1. The molecule has 1 heterocycles. The van der Waals surface area contributed by atoms with Crippen molar-refractivity contribution in [2.45, 2.75) is 25.4 Å². The van der Waals surface area contributed by atoms with Crippen LogP contribution in [-0.2, 0) is 14.3 Å². The van der Waals surface area contributed by atoms with Gasteiger partial charge in [0.2, 0.25) is 5.91 Å². The van der Waals surface area contributed by atoms with Crippen LogP contribution in [0.2, 0.25) is 0 Å². The Labute approximate surface area is 117 Å². The first-order valence-corrected chi connectivity index (χ1v) is 7.56. The van der Waals surface area contributed by atoms with E-state index in [0.717, 1.165) is 12.2 Å². The lowest BCUT2D eigenvalue weighted by Crippen LogP contribution is -2.56. The van der Waals surface area contributed by atoms with Gasteiger partial charge in [0.25, 0.3) is 0 Å². The molecule has 2 unspecified atom stereocenters. The van der Waals surface area contributed by atoms with Crippen LogP contribution < -0.4 is 5.32 Å². The maximum absolute atomic E-state index is 12.0. The van der Waals surface area contributed by atoms with Gasteiger partial charge in [0, 0.05) is 38.3 Å². The van der Waals surface area contributed by atoms with Crippen molar-refractivity contribution in [2.24, 2.45) is 0 Å². The molecule has 110 valence electrons. The van der Waals surface area contributed by atoms with Gasteiger partial charge in [-0.15, -0.1) is 0 Å². The summed E-state index contributed by atoms with van der Waals surface area (Å²) in [6, 6.07) is -0.983. The van der Waals surface area contributed by atoms with E-state index in [1.807, 2.05) is 0 Å². The summed E-state index contributed by atoms with van der Waals surface area (Å²) in [6.45, 7) is 3.55. The Bertz CT molecular complexity index is 314. The van der Waals surface area contributed by atoms with E-state index in [1.165, 1.54) is 0 Å². The van der Waals surface area contributed by atoms with Crippen molar-refractivity contribution in [1.82, 2.24) is 10.2 Å². The van der Waals surface area contributed by atoms with Crippen molar-refractivity contribution >= 4 is 23.6 Å². The van der Waals surface area contributed by atoms with E-state index in [-0.39, 0.29) is 5.91 Å². The largest absolute Gasteiger partial charge is 0.480 e. The van der Waals surface area contributed by atoms with Gasteiger partial charge in [-0.05, 0) is 13.3 Å². The Kier molecular flexibility index (Phi) is 7.19. The van der Waals surface area contributed by atoms with E-state index in [1.54, 1.807) is 30.7 Å². The molecule has 1 saturated heterocycles. The number of rotatable bonds is 7. The lowest BCUT2D eigenvalue weighted by molar-refractivity contribution is -0.144. The van der Waals surface area contributed by atoms with Crippen LogP contribution in [0.5, 0.6) is 0 Å². The topological polar surface area (TPSA) is 78.9 Å². The second-order valence-corrected chi connectivity index (χ2v) is 5.63. The van der Waals surface area contributed by atoms with Crippen LogP contribution in [0.1, 0.15) is 13.3 Å². The van der Waals surface area contributed by atoms with Gasteiger partial charge in [0.15, 0.2) is 0 Å². The summed E-state index contributed by atoms with van der Waals surface area (Å²) in [5.41, 5.74) is 0. The predicted octanol–water partition coefficient (Wildman–Crippen LogP) is 0.0296. The average Bonchev–Trinajstić information content (AvgIpc) is 2.42. The lowest BCUT2D eigenvalue weighted by atomic mass is 10.2. The summed E-state index contributed by atoms with van der Waals surface area (Å²) in [6.07, 6.45) is 0.757. The van der Waals surface area contributed by atoms with Crippen molar-refractivity contribution < 1.29 is 19.4 Å².